The molecule has 0 amide bonds. The monoisotopic (exact) mass is 425 g/mol. The zero-order valence-corrected chi connectivity index (χ0v) is 18.3. The van der Waals surface area contributed by atoms with Crippen LogP contribution in [0.15, 0.2) is 0 Å². The molecule has 29 heavy (non-hydrogen) atoms. The van der Waals surface area contributed by atoms with E-state index in [-0.39, 0.29) is 0 Å². The van der Waals surface area contributed by atoms with E-state index in [9.17, 15) is 0 Å². The molecule has 0 aliphatic carbocycles. The number of ether oxygens (including phenoxy) is 8. The van der Waals surface area contributed by atoms with Gasteiger partial charge in [-0.25, -0.2) is 0 Å². The van der Waals surface area contributed by atoms with Crippen molar-refractivity contribution in [1.29, 1.82) is 0 Å². The second-order valence-electron chi connectivity index (χ2n) is 6.04. The molecular weight excluding hydrogens is 382 g/mol. The summed E-state index contributed by atoms with van der Waals surface area (Å²) in [6, 6.07) is 0. The van der Waals surface area contributed by atoms with Gasteiger partial charge in [0.05, 0.1) is 99.1 Å². The lowest BCUT2D eigenvalue weighted by Crippen LogP contribution is -2.15. The lowest BCUT2D eigenvalue weighted by atomic mass is 10.4. The quantitative estimate of drug-likeness (QED) is 0.202. The lowest BCUT2D eigenvalue weighted by Gasteiger charge is -2.08. The van der Waals surface area contributed by atoms with Crippen LogP contribution in [0.2, 0.25) is 0 Å². The Morgan fingerprint density at radius 2 is 0.621 bits per heavy atom. The van der Waals surface area contributed by atoms with Crippen molar-refractivity contribution in [3.63, 3.8) is 0 Å². The first-order valence-electron chi connectivity index (χ1n) is 10.7. The molecule has 0 aliphatic heterocycles. The summed E-state index contributed by atoms with van der Waals surface area (Å²) in [7, 11) is 0. The van der Waals surface area contributed by atoms with Crippen molar-refractivity contribution in [1.82, 2.24) is 0 Å². The van der Waals surface area contributed by atoms with E-state index >= 15 is 0 Å². The van der Waals surface area contributed by atoms with Crippen molar-refractivity contribution < 1.29 is 37.9 Å². The molecular formula is C20H43NO8. The molecule has 2 N–H and O–H groups in total. The summed E-state index contributed by atoms with van der Waals surface area (Å²) in [5, 5.41) is 0. The van der Waals surface area contributed by atoms with Gasteiger partial charge in [0.15, 0.2) is 0 Å². The third-order valence-electron chi connectivity index (χ3n) is 3.51. The molecule has 0 spiro atoms. The van der Waals surface area contributed by atoms with Gasteiger partial charge >= 0.3 is 0 Å². The predicted molar refractivity (Wildman–Crippen MR) is 111 cm³/mol. The average Bonchev–Trinajstić information content (AvgIpc) is 2.74. The van der Waals surface area contributed by atoms with E-state index in [1.807, 2.05) is 0 Å². The second-order valence-corrected chi connectivity index (χ2v) is 6.04. The Balaban J connectivity index is 2.97. The van der Waals surface area contributed by atoms with Crippen LogP contribution in [0.25, 0.3) is 0 Å². The summed E-state index contributed by atoms with van der Waals surface area (Å²) in [6.45, 7) is 11.9. The Kier molecular flexibility index (Phi) is 27.3. The number of hydrogen-bond donors (Lipinski definition) is 1. The summed E-state index contributed by atoms with van der Waals surface area (Å²) in [6.07, 6.45) is 2.26. The van der Waals surface area contributed by atoms with Gasteiger partial charge < -0.3 is 43.6 Å². The normalized spacial score (nSPS) is 11.4. The Bertz CT molecular complexity index is 261. The third-order valence-corrected chi connectivity index (χ3v) is 3.51. The minimum atomic E-state index is 0.535. The van der Waals surface area contributed by atoms with Gasteiger partial charge in [0.2, 0.25) is 0 Å². The van der Waals surface area contributed by atoms with Gasteiger partial charge in [0.1, 0.15) is 0 Å². The highest BCUT2D eigenvalue weighted by Gasteiger charge is 1.95. The van der Waals surface area contributed by atoms with Crippen LogP contribution in [0.5, 0.6) is 0 Å². The molecule has 0 atom stereocenters. The van der Waals surface area contributed by atoms with Crippen LogP contribution in [0, 0.1) is 0 Å². The van der Waals surface area contributed by atoms with Crippen LogP contribution in [-0.4, -0.2) is 112 Å². The summed E-state index contributed by atoms with van der Waals surface area (Å²) >= 11 is 0. The number of unbranched alkanes of at least 4 members (excludes halogenated alkanes) is 1. The molecule has 0 unspecified atom stereocenters. The zero-order chi connectivity index (χ0) is 21.1. The molecule has 9 nitrogen and oxygen atoms in total. The van der Waals surface area contributed by atoms with Gasteiger partial charge in [-0.1, -0.05) is 13.3 Å². The van der Waals surface area contributed by atoms with Crippen LogP contribution >= 0.6 is 0 Å². The topological polar surface area (TPSA) is 99.9 Å². The van der Waals surface area contributed by atoms with Gasteiger partial charge in [-0.2, -0.15) is 0 Å². The Labute approximate surface area is 176 Å². The van der Waals surface area contributed by atoms with E-state index in [2.05, 4.69) is 6.92 Å². The minimum absolute atomic E-state index is 0.535. The molecule has 0 saturated heterocycles. The highest BCUT2D eigenvalue weighted by molar-refractivity contribution is 4.38. The SMILES string of the molecule is CCCCOCCOCCOCCOCCOCCOCCOCCOCCN. The molecule has 0 aliphatic rings. The Morgan fingerprint density at radius 1 is 0.379 bits per heavy atom. The van der Waals surface area contributed by atoms with Gasteiger partial charge in [-0.05, 0) is 6.42 Å². The molecule has 0 rings (SSSR count). The molecule has 0 bridgehead atoms. The molecule has 176 valence electrons. The average molecular weight is 426 g/mol. The van der Waals surface area contributed by atoms with Crippen LogP contribution in [-0.2, 0) is 37.9 Å². The molecule has 0 aromatic rings. The van der Waals surface area contributed by atoms with E-state index in [1.54, 1.807) is 0 Å². The van der Waals surface area contributed by atoms with Crippen molar-refractivity contribution in [3.8, 4) is 0 Å². The maximum absolute atomic E-state index is 5.42. The highest BCUT2D eigenvalue weighted by atomic mass is 16.6. The third kappa shape index (κ3) is 27.6. The van der Waals surface area contributed by atoms with Crippen molar-refractivity contribution in [2.75, 3.05) is 112 Å². The number of hydrogen-bond acceptors (Lipinski definition) is 9. The summed E-state index contributed by atoms with van der Waals surface area (Å²) < 4.78 is 43.0. The van der Waals surface area contributed by atoms with Crippen molar-refractivity contribution in [2.45, 2.75) is 19.8 Å². The maximum Gasteiger partial charge on any atom is 0.0701 e. The second kappa shape index (κ2) is 27.6. The van der Waals surface area contributed by atoms with E-state index in [0.717, 1.165) is 19.4 Å². The van der Waals surface area contributed by atoms with Gasteiger partial charge in [-0.15, -0.1) is 0 Å². The smallest absolute Gasteiger partial charge is 0.0701 e. The van der Waals surface area contributed by atoms with E-state index in [4.69, 9.17) is 43.6 Å². The number of rotatable bonds is 26. The highest BCUT2D eigenvalue weighted by Crippen LogP contribution is 1.88. The first-order valence-corrected chi connectivity index (χ1v) is 10.7. The summed E-state index contributed by atoms with van der Waals surface area (Å²) in [5.74, 6) is 0. The largest absolute Gasteiger partial charge is 0.379 e. The summed E-state index contributed by atoms with van der Waals surface area (Å²) in [4.78, 5) is 0. The zero-order valence-electron chi connectivity index (χ0n) is 18.3. The standard InChI is InChI=1S/C20H43NO8/c1-2-3-5-22-7-9-24-11-13-26-15-17-28-19-20-29-18-16-27-14-12-25-10-8-23-6-4-21/h2-21H2,1H3. The number of nitrogens with two attached hydrogens (primary N) is 1. The fourth-order valence-corrected chi connectivity index (χ4v) is 1.97. The van der Waals surface area contributed by atoms with Crippen LogP contribution in [0.1, 0.15) is 19.8 Å². The van der Waals surface area contributed by atoms with Crippen molar-refractivity contribution >= 4 is 0 Å². The van der Waals surface area contributed by atoms with Crippen LogP contribution in [0.3, 0.4) is 0 Å². The molecule has 0 fully saturated rings. The lowest BCUT2D eigenvalue weighted by molar-refractivity contribution is -0.0229. The van der Waals surface area contributed by atoms with Crippen LogP contribution < -0.4 is 5.73 Å². The van der Waals surface area contributed by atoms with Crippen molar-refractivity contribution in [3.05, 3.63) is 0 Å². The van der Waals surface area contributed by atoms with Gasteiger partial charge in [0.25, 0.3) is 0 Å². The molecule has 0 aromatic carbocycles. The van der Waals surface area contributed by atoms with E-state index in [1.165, 1.54) is 0 Å². The van der Waals surface area contributed by atoms with E-state index in [0.29, 0.717) is 106 Å². The molecule has 0 radical (unpaired) electrons. The van der Waals surface area contributed by atoms with Gasteiger partial charge in [0, 0.05) is 13.2 Å². The fourth-order valence-electron chi connectivity index (χ4n) is 1.97. The molecule has 0 saturated carbocycles. The fraction of sp³-hybridized carbons (Fsp3) is 1.00. The maximum atomic E-state index is 5.42. The first kappa shape index (κ1) is 28.6. The predicted octanol–water partition coefficient (Wildman–Crippen LogP) is 0.878. The van der Waals surface area contributed by atoms with E-state index < -0.39 is 0 Å². The molecule has 0 aromatic heterocycles. The molecule has 9 heteroatoms. The molecule has 0 heterocycles. The van der Waals surface area contributed by atoms with Gasteiger partial charge in [-0.3, -0.25) is 0 Å². The van der Waals surface area contributed by atoms with Crippen molar-refractivity contribution in [2.24, 2.45) is 5.73 Å². The Hall–Kier alpha value is -0.360. The summed E-state index contributed by atoms with van der Waals surface area (Å²) in [5.41, 5.74) is 5.31. The van der Waals surface area contributed by atoms with Crippen LogP contribution in [0.4, 0.5) is 0 Å². The first-order chi connectivity index (χ1) is 14.4. The Morgan fingerprint density at radius 3 is 0.862 bits per heavy atom. The minimum Gasteiger partial charge on any atom is -0.379 e.